The monoisotopic (exact) mass is 317 g/mol. The maximum Gasteiger partial charge on any atom is 0.338 e. The van der Waals surface area contributed by atoms with E-state index in [1.54, 1.807) is 0 Å². The zero-order valence-corrected chi connectivity index (χ0v) is 13.2. The second kappa shape index (κ2) is 7.00. The summed E-state index contributed by atoms with van der Waals surface area (Å²) in [6.07, 6.45) is 1.14. The molecule has 0 aliphatic rings. The van der Waals surface area contributed by atoms with Crippen molar-refractivity contribution in [3.63, 3.8) is 0 Å². The van der Waals surface area contributed by atoms with Crippen molar-refractivity contribution in [2.45, 2.75) is 32.9 Å². The molecule has 1 amide bonds. The molecule has 1 unspecified atom stereocenters. The Morgan fingerprint density at radius 3 is 2.35 bits per heavy atom. The first-order valence-corrected chi connectivity index (χ1v) is 7.26. The van der Waals surface area contributed by atoms with Gasteiger partial charge in [-0.05, 0) is 38.5 Å². The van der Waals surface area contributed by atoms with E-state index in [0.29, 0.717) is 0 Å². The van der Waals surface area contributed by atoms with Crippen LogP contribution in [0.15, 0.2) is 41.0 Å². The molecule has 6 nitrogen and oxygen atoms in total. The summed E-state index contributed by atoms with van der Waals surface area (Å²) in [7, 11) is 0. The third kappa shape index (κ3) is 4.35. The predicted octanol–water partition coefficient (Wildman–Crippen LogP) is 3.26. The number of furan rings is 1. The summed E-state index contributed by atoms with van der Waals surface area (Å²) in [5.74, 6) is -0.873. The fraction of sp³-hybridized carbons (Fsp3) is 0.294. The van der Waals surface area contributed by atoms with Gasteiger partial charge in [-0.25, -0.2) is 4.79 Å². The van der Waals surface area contributed by atoms with Gasteiger partial charge in [-0.15, -0.1) is 0 Å². The van der Waals surface area contributed by atoms with Crippen LogP contribution in [-0.4, -0.2) is 23.1 Å². The minimum atomic E-state index is -1.14. The Balaban J connectivity index is 2.01. The van der Waals surface area contributed by atoms with E-state index < -0.39 is 11.9 Å². The summed E-state index contributed by atoms with van der Waals surface area (Å²) in [4.78, 5) is 22.8. The van der Waals surface area contributed by atoms with Crippen molar-refractivity contribution in [2.75, 3.05) is 0 Å². The van der Waals surface area contributed by atoms with Crippen molar-refractivity contribution in [1.82, 2.24) is 5.32 Å². The number of benzene rings is 1. The Kier molecular flexibility index (Phi) is 5.05. The third-order valence-electron chi connectivity index (χ3n) is 3.17. The standard InChI is InChI=1S/C17H19NO5/c1-10(2)23-14-6-4-12(5-7-14)11(3)18-16(19)15-8-13(9-22-15)17(20)21/h4-11H,1-3H3,(H,18,19)(H,20,21). The summed E-state index contributed by atoms with van der Waals surface area (Å²) in [5, 5.41) is 11.6. The van der Waals surface area contributed by atoms with Crippen LogP contribution in [0.4, 0.5) is 0 Å². The Morgan fingerprint density at radius 1 is 1.17 bits per heavy atom. The van der Waals surface area contributed by atoms with Crippen molar-refractivity contribution in [3.05, 3.63) is 53.5 Å². The van der Waals surface area contributed by atoms with Gasteiger partial charge < -0.3 is 19.6 Å². The van der Waals surface area contributed by atoms with Crippen LogP contribution in [0.5, 0.6) is 5.75 Å². The highest BCUT2D eigenvalue weighted by molar-refractivity contribution is 5.95. The normalized spacial score (nSPS) is 12.0. The number of amides is 1. The topological polar surface area (TPSA) is 88.8 Å². The van der Waals surface area contributed by atoms with E-state index in [2.05, 4.69) is 5.32 Å². The van der Waals surface area contributed by atoms with Gasteiger partial charge in [0.1, 0.15) is 12.0 Å². The predicted molar refractivity (Wildman–Crippen MR) is 83.8 cm³/mol. The first-order chi connectivity index (χ1) is 10.9. The SMILES string of the molecule is CC(C)Oc1ccc(C(C)NC(=O)c2cc(C(=O)O)co2)cc1. The summed E-state index contributed by atoms with van der Waals surface area (Å²) in [6.45, 7) is 5.73. The van der Waals surface area contributed by atoms with Crippen LogP contribution in [0.25, 0.3) is 0 Å². The van der Waals surface area contributed by atoms with E-state index in [9.17, 15) is 9.59 Å². The van der Waals surface area contributed by atoms with E-state index >= 15 is 0 Å². The second-order valence-corrected chi connectivity index (χ2v) is 5.44. The Hall–Kier alpha value is -2.76. The quantitative estimate of drug-likeness (QED) is 0.853. The number of carboxylic acids is 1. The number of hydrogen-bond donors (Lipinski definition) is 2. The van der Waals surface area contributed by atoms with E-state index in [1.807, 2.05) is 45.0 Å². The number of ether oxygens (including phenoxy) is 1. The molecule has 0 fully saturated rings. The van der Waals surface area contributed by atoms with Crippen molar-refractivity contribution >= 4 is 11.9 Å². The molecule has 0 aliphatic heterocycles. The number of rotatable bonds is 6. The fourth-order valence-electron chi connectivity index (χ4n) is 2.03. The van der Waals surface area contributed by atoms with Crippen LogP contribution in [0.2, 0.25) is 0 Å². The highest BCUT2D eigenvalue weighted by Crippen LogP contribution is 2.19. The van der Waals surface area contributed by atoms with Gasteiger partial charge in [-0.3, -0.25) is 4.79 Å². The molecule has 1 heterocycles. The molecular weight excluding hydrogens is 298 g/mol. The smallest absolute Gasteiger partial charge is 0.338 e. The van der Waals surface area contributed by atoms with Crippen LogP contribution in [0.1, 0.15) is 53.3 Å². The van der Waals surface area contributed by atoms with Crippen molar-refractivity contribution in [3.8, 4) is 5.75 Å². The van der Waals surface area contributed by atoms with Gasteiger partial charge in [0, 0.05) is 6.07 Å². The molecule has 0 saturated carbocycles. The van der Waals surface area contributed by atoms with E-state index in [1.165, 1.54) is 6.07 Å². The summed E-state index contributed by atoms with van der Waals surface area (Å²) >= 11 is 0. The lowest BCUT2D eigenvalue weighted by Gasteiger charge is -2.15. The highest BCUT2D eigenvalue weighted by atomic mass is 16.5. The van der Waals surface area contributed by atoms with Gasteiger partial charge >= 0.3 is 5.97 Å². The Morgan fingerprint density at radius 2 is 1.83 bits per heavy atom. The molecule has 0 aliphatic carbocycles. The molecule has 2 rings (SSSR count). The molecular formula is C17H19NO5. The zero-order valence-electron chi connectivity index (χ0n) is 13.2. The molecule has 1 atom stereocenters. The minimum absolute atomic E-state index is 0.0333. The zero-order chi connectivity index (χ0) is 17.0. The lowest BCUT2D eigenvalue weighted by atomic mass is 10.1. The van der Waals surface area contributed by atoms with Crippen molar-refractivity contribution in [1.29, 1.82) is 0 Å². The van der Waals surface area contributed by atoms with Gasteiger partial charge in [-0.2, -0.15) is 0 Å². The Bertz CT molecular complexity index is 687. The van der Waals surface area contributed by atoms with Gasteiger partial charge in [0.05, 0.1) is 17.7 Å². The average Bonchev–Trinajstić information content (AvgIpc) is 2.97. The summed E-state index contributed by atoms with van der Waals surface area (Å²) in [6, 6.07) is 8.36. The molecule has 0 spiro atoms. The minimum Gasteiger partial charge on any atom is -0.491 e. The molecule has 122 valence electrons. The number of nitrogens with one attached hydrogen (secondary N) is 1. The van der Waals surface area contributed by atoms with Crippen LogP contribution in [-0.2, 0) is 0 Å². The number of hydrogen-bond acceptors (Lipinski definition) is 4. The average molecular weight is 317 g/mol. The number of carbonyl (C=O) groups is 2. The van der Waals surface area contributed by atoms with Crippen molar-refractivity contribution in [2.24, 2.45) is 0 Å². The molecule has 2 N–H and O–H groups in total. The maximum atomic E-state index is 12.1. The van der Waals surface area contributed by atoms with Crippen LogP contribution < -0.4 is 10.1 Å². The molecule has 23 heavy (non-hydrogen) atoms. The van der Waals surface area contributed by atoms with E-state index in [0.717, 1.165) is 17.6 Å². The van der Waals surface area contributed by atoms with Crippen LogP contribution >= 0.6 is 0 Å². The van der Waals surface area contributed by atoms with Gasteiger partial charge in [0.25, 0.3) is 5.91 Å². The number of carbonyl (C=O) groups excluding carboxylic acids is 1. The van der Waals surface area contributed by atoms with Gasteiger partial charge in [0.2, 0.25) is 0 Å². The van der Waals surface area contributed by atoms with E-state index in [-0.39, 0.29) is 23.5 Å². The molecule has 2 aromatic rings. The largest absolute Gasteiger partial charge is 0.491 e. The summed E-state index contributed by atoms with van der Waals surface area (Å²) in [5.41, 5.74) is 0.845. The van der Waals surface area contributed by atoms with E-state index in [4.69, 9.17) is 14.3 Å². The van der Waals surface area contributed by atoms with Gasteiger partial charge in [0.15, 0.2) is 5.76 Å². The third-order valence-corrected chi connectivity index (χ3v) is 3.17. The molecule has 0 saturated heterocycles. The van der Waals surface area contributed by atoms with Crippen molar-refractivity contribution < 1.29 is 23.8 Å². The first kappa shape index (κ1) is 16.6. The number of aromatic carboxylic acids is 1. The highest BCUT2D eigenvalue weighted by Gasteiger charge is 2.17. The first-order valence-electron chi connectivity index (χ1n) is 7.26. The summed E-state index contributed by atoms with van der Waals surface area (Å²) < 4.78 is 10.5. The molecule has 6 heteroatoms. The molecule has 0 radical (unpaired) electrons. The van der Waals surface area contributed by atoms with Gasteiger partial charge in [-0.1, -0.05) is 12.1 Å². The maximum absolute atomic E-state index is 12.1. The second-order valence-electron chi connectivity index (χ2n) is 5.44. The Labute approximate surface area is 134 Å². The van der Waals surface area contributed by atoms with Crippen LogP contribution in [0.3, 0.4) is 0 Å². The van der Waals surface area contributed by atoms with Crippen LogP contribution in [0, 0.1) is 0 Å². The molecule has 1 aromatic heterocycles. The molecule has 0 bridgehead atoms. The molecule has 1 aromatic carbocycles. The lowest BCUT2D eigenvalue weighted by molar-refractivity contribution is 0.0695. The fourth-order valence-corrected chi connectivity index (χ4v) is 2.03. The number of carboxylic acid groups (broad SMARTS) is 1. The lowest BCUT2D eigenvalue weighted by Crippen LogP contribution is -2.26.